The van der Waals surface area contributed by atoms with E-state index in [1.807, 2.05) is 67.6 Å². The second-order valence-electron chi connectivity index (χ2n) is 6.46. The Morgan fingerprint density at radius 3 is 1.91 bits per heavy atom. The van der Waals surface area contributed by atoms with Crippen LogP contribution in [0.25, 0.3) is 0 Å². The van der Waals surface area contributed by atoms with Crippen molar-refractivity contribution in [3.05, 3.63) is 71.8 Å². The van der Waals surface area contributed by atoms with Crippen LogP contribution in [-0.2, 0) is 10.0 Å². The van der Waals surface area contributed by atoms with Crippen molar-refractivity contribution in [1.29, 1.82) is 0 Å². The van der Waals surface area contributed by atoms with Gasteiger partial charge in [-0.05, 0) is 31.6 Å². The van der Waals surface area contributed by atoms with Crippen molar-refractivity contribution in [2.75, 3.05) is 0 Å². The average Bonchev–Trinajstić information content (AvgIpc) is 2.53. The Kier molecular flexibility index (Phi) is 4.99. The first-order valence-corrected chi connectivity index (χ1v) is 11.2. The molecule has 0 heterocycles. The highest BCUT2D eigenvalue weighted by Crippen LogP contribution is 2.36. The molecule has 2 aromatic rings. The molecule has 3 heteroatoms. The van der Waals surface area contributed by atoms with Gasteiger partial charge in [-0.1, -0.05) is 67.6 Å². The molecule has 0 spiro atoms. The zero-order chi connectivity index (χ0) is 16.2. The van der Waals surface area contributed by atoms with Crippen LogP contribution >= 0.6 is 0 Å². The van der Waals surface area contributed by atoms with E-state index < -0.39 is 13.9 Å². The van der Waals surface area contributed by atoms with E-state index in [2.05, 4.69) is 19.6 Å². The van der Waals surface area contributed by atoms with Crippen LogP contribution in [0.1, 0.15) is 29.3 Å². The van der Waals surface area contributed by atoms with Gasteiger partial charge in [-0.2, -0.15) is 0 Å². The third-order valence-electron chi connectivity index (χ3n) is 3.62. The molecule has 1 atom stereocenters. The molecule has 0 aliphatic rings. The third-order valence-corrected chi connectivity index (χ3v) is 4.58. The minimum atomic E-state index is -1.91. The number of rotatable bonds is 6. The highest BCUT2D eigenvalue weighted by molar-refractivity contribution is 6.70. The number of ketones is 1. The van der Waals surface area contributed by atoms with Crippen LogP contribution < -0.4 is 0 Å². The number of carbonyl (C=O) groups excluding carboxylic acids is 1. The van der Waals surface area contributed by atoms with Crippen LogP contribution in [0.3, 0.4) is 0 Å². The number of carbonyl (C=O) groups is 1. The van der Waals surface area contributed by atoms with Gasteiger partial charge in [0.2, 0.25) is 0 Å². The molecule has 0 radical (unpaired) electrons. The van der Waals surface area contributed by atoms with Crippen molar-refractivity contribution in [2.45, 2.75) is 38.6 Å². The lowest BCUT2D eigenvalue weighted by Gasteiger charge is -2.38. The normalized spacial score (nSPS) is 14.4. The predicted octanol–water partition coefficient (Wildman–Crippen LogP) is 5.03. The van der Waals surface area contributed by atoms with Crippen LogP contribution in [0.15, 0.2) is 60.7 Å². The summed E-state index contributed by atoms with van der Waals surface area (Å²) in [6.07, 6.45) is 0.620. The molecule has 0 bridgehead atoms. The smallest absolute Gasteiger partial charge is 0.198 e. The van der Waals surface area contributed by atoms with Gasteiger partial charge >= 0.3 is 0 Å². The fourth-order valence-electron chi connectivity index (χ4n) is 2.73. The molecule has 1 unspecified atom stereocenters. The summed E-state index contributed by atoms with van der Waals surface area (Å²) in [7, 11) is -1.91. The van der Waals surface area contributed by atoms with E-state index in [0.29, 0.717) is 12.0 Å². The van der Waals surface area contributed by atoms with E-state index in [1.54, 1.807) is 0 Å². The maximum atomic E-state index is 13.3. The summed E-state index contributed by atoms with van der Waals surface area (Å²) in [5, 5.41) is 0. The first-order valence-electron chi connectivity index (χ1n) is 7.74. The second kappa shape index (κ2) is 6.59. The summed E-state index contributed by atoms with van der Waals surface area (Å²) in [5.74, 6) is 0.0456. The Bertz CT molecular complexity index is 617. The number of hydrogen-bond donors (Lipinski definition) is 0. The molecular weight excluding hydrogens is 288 g/mol. The lowest BCUT2D eigenvalue weighted by Crippen LogP contribution is -2.46. The van der Waals surface area contributed by atoms with Gasteiger partial charge in [0.1, 0.15) is 5.60 Å². The summed E-state index contributed by atoms with van der Waals surface area (Å²) >= 11 is 0. The minimum absolute atomic E-state index is 0.0456. The molecule has 0 saturated carbocycles. The van der Waals surface area contributed by atoms with Gasteiger partial charge in [0.25, 0.3) is 0 Å². The first kappa shape index (κ1) is 16.7. The predicted molar refractivity (Wildman–Crippen MR) is 93.6 cm³/mol. The molecule has 0 N–H and O–H groups in total. The summed E-state index contributed by atoms with van der Waals surface area (Å²) < 4.78 is 6.47. The molecule has 116 valence electrons. The van der Waals surface area contributed by atoms with Crippen LogP contribution in [0, 0.1) is 0 Å². The van der Waals surface area contributed by atoms with Crippen molar-refractivity contribution in [3.8, 4) is 0 Å². The summed E-state index contributed by atoms with van der Waals surface area (Å²) in [5.41, 5.74) is 0.743. The summed E-state index contributed by atoms with van der Waals surface area (Å²) in [6.45, 7) is 8.39. The van der Waals surface area contributed by atoms with Gasteiger partial charge in [-0.25, -0.2) is 0 Å². The Balaban J connectivity index is 2.56. The van der Waals surface area contributed by atoms with Crippen LogP contribution in [0.4, 0.5) is 0 Å². The molecule has 0 aliphatic carbocycles. The van der Waals surface area contributed by atoms with Gasteiger partial charge in [0, 0.05) is 5.56 Å². The van der Waals surface area contributed by atoms with E-state index in [1.165, 1.54) is 0 Å². The molecule has 2 rings (SSSR count). The molecule has 0 aromatic heterocycles. The third kappa shape index (κ3) is 3.54. The van der Waals surface area contributed by atoms with E-state index in [0.717, 1.165) is 5.56 Å². The molecule has 2 nitrogen and oxygen atoms in total. The van der Waals surface area contributed by atoms with Gasteiger partial charge in [-0.3, -0.25) is 4.79 Å². The Hall–Kier alpha value is -1.71. The Labute approximate surface area is 134 Å². The Morgan fingerprint density at radius 1 is 0.955 bits per heavy atom. The van der Waals surface area contributed by atoms with Gasteiger partial charge < -0.3 is 4.43 Å². The van der Waals surface area contributed by atoms with E-state index in [-0.39, 0.29) is 5.78 Å². The molecule has 0 saturated heterocycles. The first-order chi connectivity index (χ1) is 10.4. The van der Waals surface area contributed by atoms with Crippen molar-refractivity contribution in [2.24, 2.45) is 0 Å². The fraction of sp³-hybridized carbons (Fsp3) is 0.316. The number of benzene rings is 2. The van der Waals surface area contributed by atoms with E-state index in [4.69, 9.17) is 4.43 Å². The molecule has 0 fully saturated rings. The second-order valence-corrected chi connectivity index (χ2v) is 10.9. The SMILES string of the molecule is CCC(O[Si](C)(C)C)(C(=O)c1ccccc1)c1ccccc1. The summed E-state index contributed by atoms with van der Waals surface area (Å²) in [6, 6.07) is 19.3. The molecule has 0 aliphatic heterocycles. The van der Waals surface area contributed by atoms with Crippen molar-refractivity contribution >= 4 is 14.1 Å². The van der Waals surface area contributed by atoms with Crippen molar-refractivity contribution < 1.29 is 9.22 Å². The standard InChI is InChI=1S/C19H24O2Si/c1-5-19(21-22(2,3)4,17-14-10-7-11-15-17)18(20)16-12-8-6-9-13-16/h6-15H,5H2,1-4H3. The molecule has 22 heavy (non-hydrogen) atoms. The molecular formula is C19H24O2Si. The lowest BCUT2D eigenvalue weighted by atomic mass is 9.84. The lowest BCUT2D eigenvalue weighted by molar-refractivity contribution is 0.0376. The van der Waals surface area contributed by atoms with Crippen LogP contribution in [0.2, 0.25) is 19.6 Å². The van der Waals surface area contributed by atoms with Crippen LogP contribution in [-0.4, -0.2) is 14.1 Å². The quantitative estimate of drug-likeness (QED) is 0.552. The Morgan fingerprint density at radius 2 is 1.45 bits per heavy atom. The highest BCUT2D eigenvalue weighted by Gasteiger charge is 2.43. The minimum Gasteiger partial charge on any atom is -0.401 e. The highest BCUT2D eigenvalue weighted by atomic mass is 28.4. The van der Waals surface area contributed by atoms with E-state index in [9.17, 15) is 4.79 Å². The number of hydrogen-bond acceptors (Lipinski definition) is 2. The number of Topliss-reactive ketones (excluding diaryl/α,β-unsaturated/α-hetero) is 1. The summed E-state index contributed by atoms with van der Waals surface area (Å²) in [4.78, 5) is 13.3. The average molecular weight is 312 g/mol. The largest absolute Gasteiger partial charge is 0.401 e. The molecule has 0 amide bonds. The fourth-order valence-corrected chi connectivity index (χ4v) is 4.13. The van der Waals surface area contributed by atoms with E-state index >= 15 is 0 Å². The van der Waals surface area contributed by atoms with Gasteiger partial charge in [0.05, 0.1) is 0 Å². The zero-order valence-corrected chi connectivity index (χ0v) is 14.8. The molecule has 2 aromatic carbocycles. The van der Waals surface area contributed by atoms with Crippen molar-refractivity contribution in [3.63, 3.8) is 0 Å². The topological polar surface area (TPSA) is 26.3 Å². The van der Waals surface area contributed by atoms with Crippen LogP contribution in [0.5, 0.6) is 0 Å². The maximum Gasteiger partial charge on any atom is 0.198 e. The van der Waals surface area contributed by atoms with Gasteiger partial charge in [0.15, 0.2) is 14.1 Å². The maximum absolute atomic E-state index is 13.3. The van der Waals surface area contributed by atoms with Gasteiger partial charge in [-0.15, -0.1) is 0 Å². The monoisotopic (exact) mass is 312 g/mol. The zero-order valence-electron chi connectivity index (χ0n) is 13.8. The van der Waals surface area contributed by atoms with Crippen molar-refractivity contribution in [1.82, 2.24) is 0 Å².